The van der Waals surface area contributed by atoms with Crippen molar-refractivity contribution in [2.75, 3.05) is 6.61 Å². The molecular formula is C10H13N3O2. The lowest BCUT2D eigenvalue weighted by molar-refractivity contribution is 0.0974. The third kappa shape index (κ3) is 2.85. The number of hydrogen-bond acceptors (Lipinski definition) is 5. The lowest BCUT2D eigenvalue weighted by atomic mass is 10.1. The zero-order valence-corrected chi connectivity index (χ0v) is 8.43. The molecule has 0 aliphatic carbocycles. The average molecular weight is 207 g/mol. The third-order valence-corrected chi connectivity index (χ3v) is 1.81. The molecule has 3 N–H and O–H groups in total. The van der Waals surface area contributed by atoms with E-state index in [1.807, 2.05) is 0 Å². The number of aromatic nitrogens is 1. The highest BCUT2D eigenvalue weighted by Gasteiger charge is 2.21. The van der Waals surface area contributed by atoms with Crippen LogP contribution in [0.3, 0.4) is 0 Å². The summed E-state index contributed by atoms with van der Waals surface area (Å²) in [5, 5.41) is 7.39. The van der Waals surface area contributed by atoms with E-state index >= 15 is 0 Å². The molecule has 0 aliphatic rings. The van der Waals surface area contributed by atoms with E-state index < -0.39 is 6.04 Å². The number of ether oxygens (including phenoxy) is 1. The van der Waals surface area contributed by atoms with Crippen molar-refractivity contribution < 1.29 is 9.53 Å². The summed E-state index contributed by atoms with van der Waals surface area (Å²) in [6, 6.07) is 2.20. The molecule has 15 heavy (non-hydrogen) atoms. The Kier molecular flexibility index (Phi) is 3.93. The first-order valence-electron chi connectivity index (χ1n) is 4.58. The van der Waals surface area contributed by atoms with E-state index in [1.165, 1.54) is 6.20 Å². The number of hydrogen-bond donors (Lipinski definition) is 2. The normalized spacial score (nSPS) is 11.9. The first kappa shape index (κ1) is 11.3. The lowest BCUT2D eigenvalue weighted by Gasteiger charge is -2.11. The molecule has 1 rings (SSSR count). The molecule has 0 fully saturated rings. The van der Waals surface area contributed by atoms with Crippen molar-refractivity contribution in [3.05, 3.63) is 30.1 Å². The molecule has 1 unspecified atom stereocenters. The topological polar surface area (TPSA) is 89.1 Å². The Morgan fingerprint density at radius 1 is 1.73 bits per heavy atom. The molecule has 0 saturated carbocycles. The minimum atomic E-state index is -1.05. The van der Waals surface area contributed by atoms with Crippen LogP contribution in [0.1, 0.15) is 17.3 Å². The molecule has 0 amide bonds. The Labute approximate surface area is 87.8 Å². The van der Waals surface area contributed by atoms with Gasteiger partial charge in [-0.15, -0.1) is 0 Å². The third-order valence-electron chi connectivity index (χ3n) is 1.81. The Hall–Kier alpha value is -1.75. The molecule has 0 saturated heterocycles. The summed E-state index contributed by atoms with van der Waals surface area (Å²) >= 11 is 0. The standard InChI is InChI=1S/C10H13N3O2/c1-2-15-10(12)8(11)9(14)7-4-3-5-13-6-7/h3-6,8,12H,2,11H2,1H3. The van der Waals surface area contributed by atoms with Gasteiger partial charge in [0.15, 0.2) is 5.78 Å². The quantitative estimate of drug-likeness (QED) is 0.430. The molecule has 1 aromatic heterocycles. The first-order chi connectivity index (χ1) is 7.16. The molecule has 0 radical (unpaired) electrons. The second-order valence-corrected chi connectivity index (χ2v) is 2.88. The van der Waals surface area contributed by atoms with E-state index in [9.17, 15) is 4.79 Å². The number of nitrogens with two attached hydrogens (primary N) is 1. The highest BCUT2D eigenvalue weighted by atomic mass is 16.5. The molecule has 5 heteroatoms. The van der Waals surface area contributed by atoms with Gasteiger partial charge in [-0.25, -0.2) is 0 Å². The van der Waals surface area contributed by atoms with Crippen molar-refractivity contribution in [3.63, 3.8) is 0 Å². The van der Waals surface area contributed by atoms with Gasteiger partial charge in [0, 0.05) is 18.0 Å². The van der Waals surface area contributed by atoms with Crippen LogP contribution in [0.4, 0.5) is 0 Å². The molecule has 1 heterocycles. The smallest absolute Gasteiger partial charge is 0.206 e. The van der Waals surface area contributed by atoms with Crippen molar-refractivity contribution in [1.82, 2.24) is 4.98 Å². The lowest BCUT2D eigenvalue weighted by Crippen LogP contribution is -2.39. The van der Waals surface area contributed by atoms with Gasteiger partial charge in [-0.2, -0.15) is 0 Å². The van der Waals surface area contributed by atoms with Gasteiger partial charge in [0.25, 0.3) is 0 Å². The minimum Gasteiger partial charge on any atom is -0.480 e. The van der Waals surface area contributed by atoms with Gasteiger partial charge in [0.1, 0.15) is 6.04 Å². The zero-order valence-electron chi connectivity index (χ0n) is 8.43. The van der Waals surface area contributed by atoms with E-state index in [0.717, 1.165) is 0 Å². The number of nitrogens with zero attached hydrogens (tertiary/aromatic N) is 1. The summed E-state index contributed by atoms with van der Waals surface area (Å²) in [6.07, 6.45) is 2.98. The molecular weight excluding hydrogens is 194 g/mol. The first-order valence-corrected chi connectivity index (χ1v) is 4.58. The van der Waals surface area contributed by atoms with Crippen molar-refractivity contribution in [3.8, 4) is 0 Å². The molecule has 1 aromatic rings. The van der Waals surface area contributed by atoms with Crippen molar-refractivity contribution in [2.24, 2.45) is 5.73 Å². The fraction of sp³-hybridized carbons (Fsp3) is 0.300. The molecule has 0 aromatic carbocycles. The molecule has 0 spiro atoms. The van der Waals surface area contributed by atoms with E-state index in [4.69, 9.17) is 15.9 Å². The summed E-state index contributed by atoms with van der Waals surface area (Å²) in [4.78, 5) is 15.5. The van der Waals surface area contributed by atoms with E-state index in [2.05, 4.69) is 4.98 Å². The van der Waals surface area contributed by atoms with Crippen LogP contribution in [-0.4, -0.2) is 29.3 Å². The average Bonchev–Trinajstić information content (AvgIpc) is 2.28. The van der Waals surface area contributed by atoms with Crippen LogP contribution >= 0.6 is 0 Å². The summed E-state index contributed by atoms with van der Waals surface area (Å²) < 4.78 is 4.86. The van der Waals surface area contributed by atoms with Crippen molar-refractivity contribution in [2.45, 2.75) is 13.0 Å². The fourth-order valence-electron chi connectivity index (χ4n) is 1.05. The number of carbonyl (C=O) groups is 1. The van der Waals surface area contributed by atoms with Crippen LogP contribution in [0.5, 0.6) is 0 Å². The van der Waals surface area contributed by atoms with Crippen LogP contribution in [0, 0.1) is 5.41 Å². The van der Waals surface area contributed by atoms with Gasteiger partial charge in [-0.05, 0) is 19.1 Å². The van der Waals surface area contributed by atoms with Gasteiger partial charge in [-0.3, -0.25) is 15.2 Å². The summed E-state index contributed by atoms with van der Waals surface area (Å²) in [6.45, 7) is 2.06. The van der Waals surface area contributed by atoms with Gasteiger partial charge in [0.05, 0.1) is 6.61 Å². The molecule has 5 nitrogen and oxygen atoms in total. The number of ketones is 1. The van der Waals surface area contributed by atoms with Gasteiger partial charge in [0.2, 0.25) is 5.90 Å². The molecule has 1 atom stereocenters. The Morgan fingerprint density at radius 2 is 2.47 bits per heavy atom. The maximum atomic E-state index is 11.7. The Balaban J connectivity index is 2.73. The van der Waals surface area contributed by atoms with E-state index in [-0.39, 0.29) is 11.7 Å². The van der Waals surface area contributed by atoms with Crippen LogP contribution < -0.4 is 5.73 Å². The van der Waals surface area contributed by atoms with Crippen molar-refractivity contribution in [1.29, 1.82) is 5.41 Å². The Bertz CT molecular complexity index is 351. The second-order valence-electron chi connectivity index (χ2n) is 2.88. The number of pyridine rings is 1. The predicted molar refractivity (Wildman–Crippen MR) is 55.9 cm³/mol. The minimum absolute atomic E-state index is 0.216. The van der Waals surface area contributed by atoms with Crippen LogP contribution in [0.2, 0.25) is 0 Å². The summed E-state index contributed by atoms with van der Waals surface area (Å²) in [7, 11) is 0. The SMILES string of the molecule is CCOC(=N)C(N)C(=O)c1cccnc1. The number of Topliss-reactive ketones (excluding diaryl/α,β-unsaturated/α-hetero) is 1. The monoisotopic (exact) mass is 207 g/mol. The highest BCUT2D eigenvalue weighted by Crippen LogP contribution is 2.01. The number of rotatable bonds is 4. The molecule has 0 aliphatic heterocycles. The highest BCUT2D eigenvalue weighted by molar-refractivity contribution is 6.12. The van der Waals surface area contributed by atoms with Crippen molar-refractivity contribution >= 4 is 11.7 Å². The molecule has 80 valence electrons. The summed E-state index contributed by atoms with van der Waals surface area (Å²) in [5.41, 5.74) is 5.94. The molecule has 0 bridgehead atoms. The van der Waals surface area contributed by atoms with Crippen LogP contribution in [0.15, 0.2) is 24.5 Å². The fourth-order valence-corrected chi connectivity index (χ4v) is 1.05. The zero-order chi connectivity index (χ0) is 11.3. The Morgan fingerprint density at radius 3 is 3.00 bits per heavy atom. The largest absolute Gasteiger partial charge is 0.480 e. The summed E-state index contributed by atoms with van der Waals surface area (Å²) in [5.74, 6) is -0.576. The van der Waals surface area contributed by atoms with Crippen LogP contribution in [-0.2, 0) is 4.74 Å². The number of nitrogens with one attached hydrogen (secondary N) is 1. The number of carbonyl (C=O) groups excluding carboxylic acids is 1. The van der Waals surface area contributed by atoms with Gasteiger partial charge in [-0.1, -0.05) is 0 Å². The van der Waals surface area contributed by atoms with E-state index in [0.29, 0.717) is 12.2 Å². The van der Waals surface area contributed by atoms with Gasteiger partial charge >= 0.3 is 0 Å². The predicted octanol–water partition coefficient (Wildman–Crippen LogP) is 0.605. The maximum absolute atomic E-state index is 11.7. The second kappa shape index (κ2) is 5.21. The van der Waals surface area contributed by atoms with E-state index in [1.54, 1.807) is 25.3 Å². The maximum Gasteiger partial charge on any atom is 0.206 e. The van der Waals surface area contributed by atoms with Crippen LogP contribution in [0.25, 0.3) is 0 Å². The van der Waals surface area contributed by atoms with Gasteiger partial charge < -0.3 is 10.5 Å².